The van der Waals surface area contributed by atoms with Crippen LogP contribution in [0.1, 0.15) is 20.8 Å². The van der Waals surface area contributed by atoms with Crippen molar-refractivity contribution in [2.45, 2.75) is 33.9 Å². The lowest BCUT2D eigenvalue weighted by atomic mass is 10.3. The van der Waals surface area contributed by atoms with Crippen LogP contribution in [-0.2, 0) is 22.6 Å². The van der Waals surface area contributed by atoms with Crippen molar-refractivity contribution in [3.63, 3.8) is 0 Å². The molecule has 0 saturated heterocycles. The van der Waals surface area contributed by atoms with E-state index in [-0.39, 0.29) is 12.5 Å². The van der Waals surface area contributed by atoms with Gasteiger partial charge in [-0.25, -0.2) is 13.9 Å². The van der Waals surface area contributed by atoms with Gasteiger partial charge in [-0.15, -0.1) is 0 Å². The molecule has 0 saturated carbocycles. The lowest BCUT2D eigenvalue weighted by molar-refractivity contribution is -0.646. The number of carbonyl (C=O) groups excluding carboxylic acids is 1. The third kappa shape index (κ3) is 3.82. The summed E-state index contributed by atoms with van der Waals surface area (Å²) in [5.41, 5.74) is 8.33. The molecule has 1 aromatic heterocycles. The first-order chi connectivity index (χ1) is 11.1. The van der Waals surface area contributed by atoms with Gasteiger partial charge >= 0.3 is 11.9 Å². The van der Waals surface area contributed by atoms with E-state index in [1.54, 1.807) is 6.92 Å². The van der Waals surface area contributed by atoms with Crippen molar-refractivity contribution in [2.24, 2.45) is 0 Å². The highest BCUT2D eigenvalue weighted by Gasteiger charge is 2.23. The number of carbonyl (C=O) groups is 1. The Kier molecular flexibility index (Phi) is 5.98. The largest absolute Gasteiger partial charge is 0.464 e. The number of rotatable bonds is 8. The van der Waals surface area contributed by atoms with Crippen LogP contribution in [0, 0.1) is 0 Å². The second-order valence-corrected chi connectivity index (χ2v) is 5.42. The van der Waals surface area contributed by atoms with Crippen molar-refractivity contribution >= 4 is 23.0 Å². The number of para-hydroxylation sites is 2. The van der Waals surface area contributed by atoms with Gasteiger partial charge in [0.1, 0.15) is 11.0 Å². The minimum absolute atomic E-state index is 0.137. The number of hydrogen-bond acceptors (Lipinski definition) is 4. The lowest BCUT2D eigenvalue weighted by Crippen LogP contribution is -2.41. The number of likely N-dealkylation sites (N-methyl/N-ethyl adjacent to an activating group) is 1. The highest BCUT2D eigenvalue weighted by atomic mass is 16.5. The summed E-state index contributed by atoms with van der Waals surface area (Å²) in [6.07, 6.45) is 0. The van der Waals surface area contributed by atoms with Crippen LogP contribution in [-0.4, -0.2) is 41.7 Å². The molecule has 0 aliphatic carbocycles. The SMILES string of the molecule is CCOC(=O)C[n+]1c(N)n(CCN(CC)CC)c2ccccc21. The van der Waals surface area contributed by atoms with E-state index < -0.39 is 0 Å². The predicted molar refractivity (Wildman–Crippen MR) is 91.0 cm³/mol. The maximum atomic E-state index is 11.9. The second-order valence-electron chi connectivity index (χ2n) is 5.42. The Morgan fingerprint density at radius 3 is 2.61 bits per heavy atom. The Morgan fingerprint density at radius 1 is 1.26 bits per heavy atom. The molecule has 2 N–H and O–H groups in total. The van der Waals surface area contributed by atoms with Crippen LogP contribution in [0.2, 0.25) is 0 Å². The summed E-state index contributed by atoms with van der Waals surface area (Å²) in [6, 6.07) is 7.97. The van der Waals surface area contributed by atoms with Crippen LogP contribution >= 0.6 is 0 Å². The zero-order valence-electron chi connectivity index (χ0n) is 14.3. The van der Waals surface area contributed by atoms with Gasteiger partial charge in [-0.1, -0.05) is 26.0 Å². The number of esters is 1. The molecule has 0 aliphatic heterocycles. The van der Waals surface area contributed by atoms with Gasteiger partial charge in [-0.2, -0.15) is 0 Å². The summed E-state index contributed by atoms with van der Waals surface area (Å²) in [5.74, 6) is 0.322. The molecular formula is C17H27N4O2+. The zero-order valence-corrected chi connectivity index (χ0v) is 14.3. The smallest absolute Gasteiger partial charge is 0.356 e. The van der Waals surface area contributed by atoms with Crippen LogP contribution in [0.4, 0.5) is 5.95 Å². The number of anilines is 1. The average molecular weight is 319 g/mol. The first-order valence-electron chi connectivity index (χ1n) is 8.26. The van der Waals surface area contributed by atoms with E-state index in [4.69, 9.17) is 10.5 Å². The molecular weight excluding hydrogens is 292 g/mol. The van der Waals surface area contributed by atoms with Gasteiger partial charge in [0.15, 0.2) is 6.54 Å². The summed E-state index contributed by atoms with van der Waals surface area (Å²) in [6.45, 7) is 10.4. The van der Waals surface area contributed by atoms with Crippen molar-refractivity contribution in [3.05, 3.63) is 24.3 Å². The number of nitrogen functional groups attached to an aromatic ring is 1. The minimum Gasteiger partial charge on any atom is -0.464 e. The summed E-state index contributed by atoms with van der Waals surface area (Å²) in [4.78, 5) is 14.2. The van der Waals surface area contributed by atoms with Crippen LogP contribution in [0.15, 0.2) is 24.3 Å². The van der Waals surface area contributed by atoms with E-state index in [2.05, 4.69) is 23.3 Å². The molecule has 1 aromatic carbocycles. The normalized spacial score (nSPS) is 11.3. The molecule has 6 heteroatoms. The van der Waals surface area contributed by atoms with Gasteiger partial charge in [0.2, 0.25) is 0 Å². The summed E-state index contributed by atoms with van der Waals surface area (Å²) in [5, 5.41) is 0. The molecule has 0 spiro atoms. The highest BCUT2D eigenvalue weighted by molar-refractivity contribution is 5.75. The first kappa shape index (κ1) is 17.3. The van der Waals surface area contributed by atoms with Crippen LogP contribution in [0.25, 0.3) is 11.0 Å². The number of nitrogens with zero attached hydrogens (tertiary/aromatic N) is 3. The van der Waals surface area contributed by atoms with E-state index in [9.17, 15) is 4.79 Å². The number of imidazole rings is 1. The third-order valence-corrected chi connectivity index (χ3v) is 4.14. The maximum Gasteiger partial charge on any atom is 0.356 e. The van der Waals surface area contributed by atoms with E-state index in [1.807, 2.05) is 28.8 Å². The first-order valence-corrected chi connectivity index (χ1v) is 8.26. The topological polar surface area (TPSA) is 64.4 Å². The summed E-state index contributed by atoms with van der Waals surface area (Å²) < 4.78 is 8.96. The molecule has 0 atom stereocenters. The van der Waals surface area contributed by atoms with E-state index in [1.165, 1.54) is 0 Å². The van der Waals surface area contributed by atoms with Gasteiger partial charge in [0, 0.05) is 6.54 Å². The lowest BCUT2D eigenvalue weighted by Gasteiger charge is -2.17. The fourth-order valence-corrected chi connectivity index (χ4v) is 2.83. The van der Waals surface area contributed by atoms with E-state index in [0.29, 0.717) is 12.6 Å². The van der Waals surface area contributed by atoms with Crippen molar-refractivity contribution < 1.29 is 14.1 Å². The third-order valence-electron chi connectivity index (χ3n) is 4.14. The Balaban J connectivity index is 2.33. The Labute approximate surface area is 137 Å². The number of aromatic nitrogens is 2. The van der Waals surface area contributed by atoms with Crippen molar-refractivity contribution in [3.8, 4) is 0 Å². The Hall–Kier alpha value is -2.08. The quantitative estimate of drug-likeness (QED) is 0.590. The maximum absolute atomic E-state index is 11.9. The Morgan fingerprint density at radius 2 is 1.96 bits per heavy atom. The van der Waals surface area contributed by atoms with Gasteiger partial charge in [-0.3, -0.25) is 5.73 Å². The molecule has 1 heterocycles. The molecule has 0 unspecified atom stereocenters. The van der Waals surface area contributed by atoms with Crippen molar-refractivity contribution in [2.75, 3.05) is 32.0 Å². The van der Waals surface area contributed by atoms with Crippen molar-refractivity contribution in [1.82, 2.24) is 9.47 Å². The molecule has 2 rings (SSSR count). The molecule has 126 valence electrons. The van der Waals surface area contributed by atoms with Crippen LogP contribution in [0.3, 0.4) is 0 Å². The van der Waals surface area contributed by atoms with Crippen molar-refractivity contribution in [1.29, 1.82) is 0 Å². The fourth-order valence-electron chi connectivity index (χ4n) is 2.83. The van der Waals surface area contributed by atoms with Gasteiger partial charge in [0.05, 0.1) is 13.2 Å². The number of hydrogen-bond donors (Lipinski definition) is 1. The molecule has 0 radical (unpaired) electrons. The molecule has 0 amide bonds. The summed E-state index contributed by atoms with van der Waals surface area (Å²) >= 11 is 0. The molecule has 23 heavy (non-hydrogen) atoms. The molecule has 2 aromatic rings. The molecule has 6 nitrogen and oxygen atoms in total. The second kappa shape index (κ2) is 7.97. The van der Waals surface area contributed by atoms with Gasteiger partial charge in [-0.05, 0) is 32.1 Å². The number of benzene rings is 1. The minimum atomic E-state index is -0.268. The standard InChI is InChI=1S/C17H26N4O2/c1-4-19(5-2)11-12-20-14-9-7-8-10-15(14)21(17(20)18)13-16(22)23-6-3/h7-10,18H,4-6,11-13H2,1-3H3/p+1. The van der Waals surface area contributed by atoms with Crippen LogP contribution in [0.5, 0.6) is 0 Å². The number of fused-ring (bicyclic) bond motifs is 1. The zero-order chi connectivity index (χ0) is 16.8. The van der Waals surface area contributed by atoms with Crippen LogP contribution < -0.4 is 10.3 Å². The van der Waals surface area contributed by atoms with Gasteiger partial charge < -0.3 is 9.64 Å². The predicted octanol–water partition coefficient (Wildman–Crippen LogP) is 1.42. The summed E-state index contributed by atoms with van der Waals surface area (Å²) in [7, 11) is 0. The molecule has 0 aliphatic rings. The number of nitrogens with two attached hydrogens (primary N) is 1. The molecule has 0 bridgehead atoms. The average Bonchev–Trinajstić information content (AvgIpc) is 2.81. The monoisotopic (exact) mass is 319 g/mol. The molecule has 0 fully saturated rings. The Bertz CT molecular complexity index is 662. The van der Waals surface area contributed by atoms with E-state index in [0.717, 1.165) is 37.2 Å². The highest BCUT2D eigenvalue weighted by Crippen LogP contribution is 2.16. The number of ether oxygens (including phenoxy) is 1. The van der Waals surface area contributed by atoms with Gasteiger partial charge in [0.25, 0.3) is 0 Å². The fraction of sp³-hybridized carbons (Fsp3) is 0.529. The van der Waals surface area contributed by atoms with E-state index >= 15 is 0 Å².